The van der Waals surface area contributed by atoms with Gasteiger partial charge >= 0.3 is 0 Å². The highest BCUT2D eigenvalue weighted by atomic mass is 19.1. The van der Waals surface area contributed by atoms with Crippen molar-refractivity contribution in [2.75, 3.05) is 38.1 Å². The highest BCUT2D eigenvalue weighted by Crippen LogP contribution is 2.36. The highest BCUT2D eigenvalue weighted by molar-refractivity contribution is 5.81. The number of hydrogen-bond donors (Lipinski definition) is 1. The number of aliphatic hydroxyl groups is 1. The maximum atomic E-state index is 14.9. The van der Waals surface area contributed by atoms with E-state index in [1.807, 2.05) is 12.1 Å². The van der Waals surface area contributed by atoms with Crippen LogP contribution in [-0.4, -0.2) is 67.5 Å². The highest BCUT2D eigenvalue weighted by Gasteiger charge is 2.41. The van der Waals surface area contributed by atoms with Crippen molar-refractivity contribution in [1.29, 1.82) is 0 Å². The third-order valence-corrected chi connectivity index (χ3v) is 7.01. The topological polar surface area (TPSA) is 92.3 Å². The standard InChI is InChI=1S/C25H27F2N7O2/c1-17(25(36,13-33-15-28-14-30-33)21-6-3-18(26)11-22(21)27)34-16-29-23-12-19(4-5-20(23)24(34)35)32-9-7-31(2)8-10-32/h3-6,11-12,14-17,36H,7-10,13H2,1-2H3/t17-,25-/m1/s1. The number of piperazine rings is 1. The summed E-state index contributed by atoms with van der Waals surface area (Å²) >= 11 is 0. The second-order valence-corrected chi connectivity index (χ2v) is 9.27. The van der Waals surface area contributed by atoms with Gasteiger partial charge in [-0.3, -0.25) is 9.36 Å². The van der Waals surface area contributed by atoms with Gasteiger partial charge in [0.15, 0.2) is 0 Å². The minimum absolute atomic E-state index is 0.163. The van der Waals surface area contributed by atoms with Gasteiger partial charge in [0.25, 0.3) is 5.56 Å². The number of hydrogen-bond acceptors (Lipinski definition) is 7. The first-order chi connectivity index (χ1) is 17.3. The molecule has 2 aromatic carbocycles. The number of fused-ring (bicyclic) bond motifs is 1. The molecule has 1 N–H and O–H groups in total. The van der Waals surface area contributed by atoms with Crippen LogP contribution in [0.25, 0.3) is 10.9 Å². The Morgan fingerprint density at radius 1 is 1.08 bits per heavy atom. The molecule has 1 aliphatic heterocycles. The van der Waals surface area contributed by atoms with Gasteiger partial charge in [0.05, 0.1) is 29.8 Å². The van der Waals surface area contributed by atoms with E-state index in [2.05, 4.69) is 31.9 Å². The Morgan fingerprint density at radius 2 is 1.86 bits per heavy atom. The van der Waals surface area contributed by atoms with E-state index in [0.29, 0.717) is 17.0 Å². The second-order valence-electron chi connectivity index (χ2n) is 9.27. The lowest BCUT2D eigenvalue weighted by Gasteiger charge is -2.35. The summed E-state index contributed by atoms with van der Waals surface area (Å²) in [6.45, 7) is 5.05. The zero-order valence-corrected chi connectivity index (χ0v) is 20.1. The zero-order valence-electron chi connectivity index (χ0n) is 20.1. The number of anilines is 1. The van der Waals surface area contributed by atoms with Gasteiger partial charge < -0.3 is 14.9 Å². The van der Waals surface area contributed by atoms with Crippen LogP contribution in [0, 0.1) is 11.6 Å². The summed E-state index contributed by atoms with van der Waals surface area (Å²) in [5, 5.41) is 16.2. The summed E-state index contributed by atoms with van der Waals surface area (Å²) < 4.78 is 31.1. The summed E-state index contributed by atoms with van der Waals surface area (Å²) in [6.07, 6.45) is 4.02. The molecule has 11 heteroatoms. The number of rotatable bonds is 6. The maximum absolute atomic E-state index is 14.9. The van der Waals surface area contributed by atoms with E-state index >= 15 is 0 Å². The molecular weight excluding hydrogens is 468 g/mol. The molecule has 0 bridgehead atoms. The predicted molar refractivity (Wildman–Crippen MR) is 131 cm³/mol. The molecule has 0 radical (unpaired) electrons. The van der Waals surface area contributed by atoms with Crippen molar-refractivity contribution in [1.82, 2.24) is 29.2 Å². The largest absolute Gasteiger partial charge is 0.381 e. The number of benzene rings is 2. The van der Waals surface area contributed by atoms with Crippen LogP contribution >= 0.6 is 0 Å². The average molecular weight is 496 g/mol. The van der Waals surface area contributed by atoms with E-state index < -0.39 is 23.3 Å². The van der Waals surface area contributed by atoms with E-state index in [1.54, 1.807) is 13.0 Å². The van der Waals surface area contributed by atoms with E-state index in [-0.39, 0.29) is 17.7 Å². The van der Waals surface area contributed by atoms with Crippen LogP contribution in [-0.2, 0) is 12.1 Å². The third kappa shape index (κ3) is 4.35. The summed E-state index contributed by atoms with van der Waals surface area (Å²) in [4.78, 5) is 26.4. The van der Waals surface area contributed by atoms with Gasteiger partial charge in [-0.15, -0.1) is 0 Å². The molecule has 9 nitrogen and oxygen atoms in total. The van der Waals surface area contributed by atoms with Crippen molar-refractivity contribution in [2.24, 2.45) is 0 Å². The van der Waals surface area contributed by atoms with Crippen molar-refractivity contribution in [3.05, 3.63) is 82.9 Å². The van der Waals surface area contributed by atoms with Crippen LogP contribution in [0.3, 0.4) is 0 Å². The first-order valence-corrected chi connectivity index (χ1v) is 11.7. The van der Waals surface area contributed by atoms with Gasteiger partial charge in [0.1, 0.15) is 29.9 Å². The number of aromatic nitrogens is 5. The number of likely N-dealkylation sites (N-methyl/N-ethyl adjacent to an activating group) is 1. The quantitative estimate of drug-likeness (QED) is 0.438. The minimum Gasteiger partial charge on any atom is -0.381 e. The Kier molecular flexibility index (Phi) is 6.27. The van der Waals surface area contributed by atoms with Crippen LogP contribution in [0.15, 0.2) is 60.2 Å². The molecule has 0 spiro atoms. The van der Waals surface area contributed by atoms with Gasteiger partial charge in [0.2, 0.25) is 0 Å². The van der Waals surface area contributed by atoms with Crippen molar-refractivity contribution in [2.45, 2.75) is 25.1 Å². The van der Waals surface area contributed by atoms with Crippen LogP contribution in [0.1, 0.15) is 18.5 Å². The van der Waals surface area contributed by atoms with Crippen molar-refractivity contribution in [3.8, 4) is 0 Å². The van der Waals surface area contributed by atoms with Gasteiger partial charge in [-0.1, -0.05) is 6.07 Å². The molecule has 0 saturated carbocycles. The number of nitrogens with zero attached hydrogens (tertiary/aromatic N) is 7. The van der Waals surface area contributed by atoms with E-state index in [9.17, 15) is 18.7 Å². The smallest absolute Gasteiger partial charge is 0.261 e. The second kappa shape index (κ2) is 9.40. The van der Waals surface area contributed by atoms with Crippen LogP contribution < -0.4 is 10.5 Å². The van der Waals surface area contributed by atoms with E-state index in [4.69, 9.17) is 0 Å². The van der Waals surface area contributed by atoms with E-state index in [0.717, 1.165) is 37.9 Å². The predicted octanol–water partition coefficient (Wildman–Crippen LogP) is 2.17. The Hall–Kier alpha value is -3.70. The fourth-order valence-electron chi connectivity index (χ4n) is 4.74. The monoisotopic (exact) mass is 495 g/mol. The fraction of sp³-hybridized carbons (Fsp3) is 0.360. The van der Waals surface area contributed by atoms with Crippen LogP contribution in [0.5, 0.6) is 0 Å². The molecule has 1 saturated heterocycles. The summed E-state index contributed by atoms with van der Waals surface area (Å²) in [5.74, 6) is -1.70. The SMILES string of the molecule is C[C@@H](n1cnc2cc(N3CCN(C)CC3)ccc2c1=O)[C@](O)(Cn1cncn1)c1ccc(F)cc1F. The molecule has 0 amide bonds. The molecule has 3 heterocycles. The third-order valence-electron chi connectivity index (χ3n) is 7.01. The van der Waals surface area contributed by atoms with Crippen LogP contribution in [0.2, 0.25) is 0 Å². The first-order valence-electron chi connectivity index (χ1n) is 11.7. The van der Waals surface area contributed by atoms with Crippen molar-refractivity contribution >= 4 is 16.6 Å². The molecule has 0 unspecified atom stereocenters. The zero-order chi connectivity index (χ0) is 25.4. The van der Waals surface area contributed by atoms with Gasteiger partial charge in [-0.25, -0.2) is 23.4 Å². The Balaban J connectivity index is 1.55. The molecule has 188 valence electrons. The fourth-order valence-corrected chi connectivity index (χ4v) is 4.74. The number of halogens is 2. The molecule has 2 atom stereocenters. The van der Waals surface area contributed by atoms with Crippen molar-refractivity contribution < 1.29 is 13.9 Å². The first kappa shape index (κ1) is 24.0. The maximum Gasteiger partial charge on any atom is 0.261 e. The molecule has 5 rings (SSSR count). The lowest BCUT2D eigenvalue weighted by atomic mass is 9.86. The summed E-state index contributed by atoms with van der Waals surface area (Å²) in [6, 6.07) is 7.49. The minimum atomic E-state index is -1.97. The Bertz CT molecular complexity index is 1430. The Morgan fingerprint density at radius 3 is 2.56 bits per heavy atom. The summed E-state index contributed by atoms with van der Waals surface area (Å²) in [5.41, 5.74) is -0.983. The lowest BCUT2D eigenvalue weighted by Crippen LogP contribution is -2.44. The molecule has 2 aromatic heterocycles. The average Bonchev–Trinajstić information content (AvgIpc) is 3.37. The molecule has 1 aliphatic rings. The molecular formula is C25H27F2N7O2. The van der Waals surface area contributed by atoms with Gasteiger partial charge in [-0.05, 0) is 38.2 Å². The molecule has 4 aromatic rings. The van der Waals surface area contributed by atoms with Gasteiger partial charge in [-0.2, -0.15) is 5.10 Å². The molecule has 0 aliphatic carbocycles. The van der Waals surface area contributed by atoms with Gasteiger partial charge in [0, 0.05) is 43.5 Å². The van der Waals surface area contributed by atoms with Crippen LogP contribution in [0.4, 0.5) is 14.5 Å². The summed E-state index contributed by atoms with van der Waals surface area (Å²) in [7, 11) is 2.09. The Labute approximate surface area is 206 Å². The molecule has 36 heavy (non-hydrogen) atoms. The molecule has 1 fully saturated rings. The van der Waals surface area contributed by atoms with Crippen molar-refractivity contribution in [3.63, 3.8) is 0 Å². The normalized spacial score (nSPS) is 17.3. The lowest BCUT2D eigenvalue weighted by molar-refractivity contribution is -0.0343. The van der Waals surface area contributed by atoms with E-state index in [1.165, 1.54) is 34.3 Å².